The summed E-state index contributed by atoms with van der Waals surface area (Å²) >= 11 is 3.39. The van der Waals surface area contributed by atoms with Gasteiger partial charge >= 0.3 is 6.03 Å². The molecule has 2 aliphatic heterocycles. The van der Waals surface area contributed by atoms with Gasteiger partial charge in [-0.25, -0.2) is 4.79 Å². The van der Waals surface area contributed by atoms with E-state index < -0.39 is 11.6 Å². The van der Waals surface area contributed by atoms with Crippen LogP contribution in [0.1, 0.15) is 45.1 Å². The molecule has 1 aromatic rings. The summed E-state index contributed by atoms with van der Waals surface area (Å²) in [6.45, 7) is 4.23. The van der Waals surface area contributed by atoms with Crippen molar-refractivity contribution >= 4 is 33.8 Å². The third kappa shape index (κ3) is 3.37. The SMILES string of the molecule is CC[C@@H]1CCCCN1C(=O)CN1C(=O)N[C@@](C)(c2cccc(Br)c2)C1=O. The van der Waals surface area contributed by atoms with Crippen molar-refractivity contribution in [1.29, 1.82) is 0 Å². The van der Waals surface area contributed by atoms with E-state index in [0.717, 1.165) is 35.1 Å². The molecule has 2 atom stereocenters. The summed E-state index contributed by atoms with van der Waals surface area (Å²) in [5.74, 6) is -0.544. The van der Waals surface area contributed by atoms with Crippen LogP contribution in [0.4, 0.5) is 4.79 Å². The molecule has 0 aromatic heterocycles. The molecule has 0 unspecified atom stereocenters. The number of nitrogens with one attached hydrogen (secondary N) is 1. The maximum atomic E-state index is 13.0. The van der Waals surface area contributed by atoms with Gasteiger partial charge in [-0.15, -0.1) is 0 Å². The first-order chi connectivity index (χ1) is 12.4. The monoisotopic (exact) mass is 421 g/mol. The molecule has 140 valence electrons. The predicted octanol–water partition coefficient (Wildman–Crippen LogP) is 3.01. The number of hydrogen-bond acceptors (Lipinski definition) is 3. The summed E-state index contributed by atoms with van der Waals surface area (Å²) in [6.07, 6.45) is 3.96. The second-order valence-corrected chi connectivity index (χ2v) is 8.02. The van der Waals surface area contributed by atoms with Crippen LogP contribution in [0.15, 0.2) is 28.7 Å². The number of carbonyl (C=O) groups is 3. The number of halogens is 1. The summed E-state index contributed by atoms with van der Waals surface area (Å²) < 4.78 is 0.826. The van der Waals surface area contributed by atoms with Crippen molar-refractivity contribution in [1.82, 2.24) is 15.1 Å². The molecule has 2 aliphatic rings. The standard InChI is InChI=1S/C19H24BrN3O3/c1-3-15-9-4-5-10-22(15)16(24)12-23-17(25)19(2,21-18(23)26)13-7-6-8-14(20)11-13/h6-8,11,15H,3-5,9-10,12H2,1-2H3,(H,21,26)/t15-,19+/m1/s1. The molecule has 6 nitrogen and oxygen atoms in total. The van der Waals surface area contributed by atoms with Crippen LogP contribution in [0, 0.1) is 0 Å². The molecule has 4 amide bonds. The van der Waals surface area contributed by atoms with E-state index in [2.05, 4.69) is 28.2 Å². The maximum Gasteiger partial charge on any atom is 0.325 e. The Balaban J connectivity index is 1.78. The number of benzene rings is 1. The molecule has 2 saturated heterocycles. The summed E-state index contributed by atoms with van der Waals surface area (Å²) in [6, 6.07) is 6.96. The Labute approximate surface area is 162 Å². The summed E-state index contributed by atoms with van der Waals surface area (Å²) in [5, 5.41) is 2.75. The molecule has 3 rings (SSSR count). The highest BCUT2D eigenvalue weighted by Crippen LogP contribution is 2.30. The maximum absolute atomic E-state index is 13.0. The topological polar surface area (TPSA) is 69.7 Å². The lowest BCUT2D eigenvalue weighted by atomic mass is 9.92. The first kappa shape index (κ1) is 18.9. The van der Waals surface area contributed by atoms with Crippen LogP contribution in [-0.2, 0) is 15.1 Å². The average molecular weight is 422 g/mol. The molecule has 0 radical (unpaired) electrons. The fourth-order valence-electron chi connectivity index (χ4n) is 3.82. The van der Waals surface area contributed by atoms with E-state index >= 15 is 0 Å². The van der Waals surface area contributed by atoms with Crippen LogP contribution in [0.5, 0.6) is 0 Å². The molecule has 1 N–H and O–H groups in total. The normalized spacial score (nSPS) is 26.2. The average Bonchev–Trinajstić information content (AvgIpc) is 2.85. The van der Waals surface area contributed by atoms with Crippen molar-refractivity contribution in [2.75, 3.05) is 13.1 Å². The van der Waals surface area contributed by atoms with Gasteiger partial charge in [0.05, 0.1) is 0 Å². The first-order valence-electron chi connectivity index (χ1n) is 9.06. The number of hydrogen-bond donors (Lipinski definition) is 1. The minimum absolute atomic E-state index is 0.154. The molecule has 26 heavy (non-hydrogen) atoms. The van der Waals surface area contributed by atoms with Crippen molar-refractivity contribution in [3.63, 3.8) is 0 Å². The van der Waals surface area contributed by atoms with E-state index in [1.165, 1.54) is 0 Å². The third-order valence-corrected chi connectivity index (χ3v) is 5.88. The first-order valence-corrected chi connectivity index (χ1v) is 9.85. The zero-order valence-electron chi connectivity index (χ0n) is 15.1. The lowest BCUT2D eigenvalue weighted by Gasteiger charge is -2.36. The minimum atomic E-state index is -1.16. The molecule has 2 heterocycles. The molecule has 7 heteroatoms. The van der Waals surface area contributed by atoms with E-state index in [-0.39, 0.29) is 24.4 Å². The Morgan fingerprint density at radius 2 is 2.12 bits per heavy atom. The molecule has 2 fully saturated rings. The van der Waals surface area contributed by atoms with Crippen molar-refractivity contribution in [2.45, 2.75) is 51.1 Å². The number of amides is 4. The number of urea groups is 1. The lowest BCUT2D eigenvalue weighted by Crippen LogP contribution is -2.49. The number of nitrogens with zero attached hydrogens (tertiary/aromatic N) is 2. The highest BCUT2D eigenvalue weighted by atomic mass is 79.9. The van der Waals surface area contributed by atoms with Crippen molar-refractivity contribution in [3.8, 4) is 0 Å². The van der Waals surface area contributed by atoms with Gasteiger partial charge in [0.15, 0.2) is 0 Å². The molecule has 1 aromatic carbocycles. The summed E-state index contributed by atoms with van der Waals surface area (Å²) in [7, 11) is 0. The molecule has 0 bridgehead atoms. The highest BCUT2D eigenvalue weighted by molar-refractivity contribution is 9.10. The van der Waals surface area contributed by atoms with Gasteiger partial charge in [0.1, 0.15) is 12.1 Å². The van der Waals surface area contributed by atoms with E-state index in [1.807, 2.05) is 17.0 Å². The van der Waals surface area contributed by atoms with Crippen molar-refractivity contribution < 1.29 is 14.4 Å². The summed E-state index contributed by atoms with van der Waals surface area (Å²) in [5.41, 5.74) is -0.475. The Morgan fingerprint density at radius 3 is 2.81 bits per heavy atom. The second kappa shape index (κ2) is 7.39. The molecule has 0 saturated carbocycles. The highest BCUT2D eigenvalue weighted by Gasteiger charge is 2.50. The number of rotatable bonds is 4. The Kier molecular flexibility index (Phi) is 5.37. The number of likely N-dealkylation sites (tertiary alicyclic amines) is 1. The smallest absolute Gasteiger partial charge is 0.325 e. The lowest BCUT2D eigenvalue weighted by molar-refractivity contribution is -0.141. The summed E-state index contributed by atoms with van der Waals surface area (Å²) in [4.78, 5) is 41.1. The van der Waals surface area contributed by atoms with Crippen molar-refractivity contribution in [3.05, 3.63) is 34.3 Å². The largest absolute Gasteiger partial charge is 0.338 e. The molecule has 0 spiro atoms. The van der Waals surface area contributed by atoms with Crippen LogP contribution in [0.2, 0.25) is 0 Å². The van der Waals surface area contributed by atoms with Gasteiger partial charge in [-0.1, -0.05) is 35.0 Å². The van der Waals surface area contributed by atoms with Crippen LogP contribution >= 0.6 is 15.9 Å². The molecular formula is C19H24BrN3O3. The fourth-order valence-corrected chi connectivity index (χ4v) is 4.21. The van der Waals surface area contributed by atoms with E-state index in [0.29, 0.717) is 12.1 Å². The Hall–Kier alpha value is -1.89. The van der Waals surface area contributed by atoms with Crippen LogP contribution in [0.3, 0.4) is 0 Å². The number of carbonyl (C=O) groups excluding carboxylic acids is 3. The number of imide groups is 1. The molecule has 0 aliphatic carbocycles. The number of piperidine rings is 1. The Morgan fingerprint density at radius 1 is 1.35 bits per heavy atom. The van der Waals surface area contributed by atoms with Gasteiger partial charge in [-0.2, -0.15) is 0 Å². The van der Waals surface area contributed by atoms with E-state index in [1.54, 1.807) is 19.1 Å². The van der Waals surface area contributed by atoms with Crippen molar-refractivity contribution in [2.24, 2.45) is 0 Å². The zero-order chi connectivity index (χ0) is 18.9. The van der Waals surface area contributed by atoms with Gasteiger partial charge in [-0.3, -0.25) is 14.5 Å². The van der Waals surface area contributed by atoms with Gasteiger partial charge < -0.3 is 10.2 Å². The van der Waals surface area contributed by atoms with Crippen LogP contribution < -0.4 is 5.32 Å². The third-order valence-electron chi connectivity index (χ3n) is 5.39. The predicted molar refractivity (Wildman–Crippen MR) is 101 cm³/mol. The Bertz CT molecular complexity index is 738. The quantitative estimate of drug-likeness (QED) is 0.759. The van der Waals surface area contributed by atoms with Crippen LogP contribution in [0.25, 0.3) is 0 Å². The molecular weight excluding hydrogens is 398 g/mol. The zero-order valence-corrected chi connectivity index (χ0v) is 16.7. The van der Waals surface area contributed by atoms with E-state index in [9.17, 15) is 14.4 Å². The minimum Gasteiger partial charge on any atom is -0.338 e. The van der Waals surface area contributed by atoms with Gasteiger partial charge in [0.25, 0.3) is 5.91 Å². The van der Waals surface area contributed by atoms with Crippen LogP contribution in [-0.4, -0.2) is 46.8 Å². The van der Waals surface area contributed by atoms with E-state index in [4.69, 9.17) is 0 Å². The second-order valence-electron chi connectivity index (χ2n) is 7.10. The van der Waals surface area contributed by atoms with Gasteiger partial charge in [0, 0.05) is 17.1 Å². The fraction of sp³-hybridized carbons (Fsp3) is 0.526. The van der Waals surface area contributed by atoms with Gasteiger partial charge in [0.2, 0.25) is 5.91 Å². The van der Waals surface area contributed by atoms with Gasteiger partial charge in [-0.05, 0) is 50.3 Å².